The van der Waals surface area contributed by atoms with Gasteiger partial charge in [-0.15, -0.1) is 0 Å². The zero-order chi connectivity index (χ0) is 34.1. The first-order chi connectivity index (χ1) is 21.9. The van der Waals surface area contributed by atoms with Gasteiger partial charge in [0.25, 0.3) is 5.91 Å². The molecule has 2 aromatic carbocycles. The first-order valence-electron chi connectivity index (χ1n) is 14.4. The number of aromatic nitrogens is 1. The molecule has 0 saturated heterocycles. The number of methoxy groups -OCH3 is 1. The van der Waals surface area contributed by atoms with Gasteiger partial charge in [0.15, 0.2) is 6.23 Å². The summed E-state index contributed by atoms with van der Waals surface area (Å²) in [7, 11) is 2.62. The van der Waals surface area contributed by atoms with Gasteiger partial charge in [-0.3, -0.25) is 14.6 Å². The molecule has 3 aromatic rings. The van der Waals surface area contributed by atoms with Crippen LogP contribution in [0.25, 0.3) is 10.9 Å². The molecule has 4 unspecified atom stereocenters. The molecule has 0 aliphatic carbocycles. The van der Waals surface area contributed by atoms with Crippen molar-refractivity contribution >= 4 is 28.8 Å². The van der Waals surface area contributed by atoms with E-state index in [-0.39, 0.29) is 35.6 Å². The monoisotopic (exact) mass is 646 g/mol. The van der Waals surface area contributed by atoms with Crippen LogP contribution in [0.15, 0.2) is 53.6 Å². The van der Waals surface area contributed by atoms with Crippen LogP contribution < -0.4 is 10.7 Å². The Balaban J connectivity index is 1.98. The summed E-state index contributed by atoms with van der Waals surface area (Å²) in [6, 6.07) is 9.64. The maximum atomic E-state index is 13.3. The quantitative estimate of drug-likeness (QED) is 0.0495. The molecule has 1 aromatic heterocycles. The molecule has 1 heterocycles. The Hall–Kier alpha value is -4.06. The Labute approximate surface area is 265 Å². The first kappa shape index (κ1) is 36.4. The molecule has 252 valence electrons. The molecule has 0 fully saturated rings. The summed E-state index contributed by atoms with van der Waals surface area (Å²) in [6.07, 6.45) is -5.99. The van der Waals surface area contributed by atoms with E-state index >= 15 is 0 Å². The molecule has 0 aliphatic heterocycles. The molecule has 4 atom stereocenters. The van der Waals surface area contributed by atoms with Crippen molar-refractivity contribution in [3.8, 4) is 11.5 Å². The molecule has 46 heavy (non-hydrogen) atoms. The zero-order valence-corrected chi connectivity index (χ0v) is 25.7. The van der Waals surface area contributed by atoms with Crippen molar-refractivity contribution in [3.05, 3.63) is 64.9 Å². The van der Waals surface area contributed by atoms with E-state index in [1.54, 1.807) is 18.2 Å². The summed E-state index contributed by atoms with van der Waals surface area (Å²) in [4.78, 5) is 25.1. The van der Waals surface area contributed by atoms with Crippen LogP contribution in [-0.2, 0) is 27.3 Å². The van der Waals surface area contributed by atoms with Gasteiger partial charge in [-0.05, 0) is 42.3 Å². The second-order valence-electron chi connectivity index (χ2n) is 10.8. The number of carbonyl (C=O) groups excluding carboxylic acids is 2. The van der Waals surface area contributed by atoms with Gasteiger partial charge in [0.1, 0.15) is 36.1 Å². The zero-order valence-electron chi connectivity index (χ0n) is 25.7. The highest BCUT2D eigenvalue weighted by molar-refractivity contribution is 5.99. The number of likely N-dealkylation sites (N-methyl/N-ethyl adjacent to an activating group) is 1. The third kappa shape index (κ3) is 8.39. The fourth-order valence-corrected chi connectivity index (χ4v) is 4.97. The lowest BCUT2D eigenvalue weighted by molar-refractivity contribution is -0.142. The number of aldehydes is 1. The normalized spacial score (nSPS) is 14.9. The number of phenolic OH excluding ortho intramolecular Hbond substituents is 2. The van der Waals surface area contributed by atoms with Gasteiger partial charge in [0.05, 0.1) is 37.9 Å². The van der Waals surface area contributed by atoms with Crippen molar-refractivity contribution < 1.29 is 55.2 Å². The number of anilines is 1. The van der Waals surface area contributed by atoms with E-state index in [4.69, 9.17) is 4.74 Å². The van der Waals surface area contributed by atoms with E-state index in [2.05, 4.69) is 10.7 Å². The van der Waals surface area contributed by atoms with Gasteiger partial charge in [-0.2, -0.15) is 0 Å². The second kappa shape index (κ2) is 16.5. The summed E-state index contributed by atoms with van der Waals surface area (Å²) in [5, 5.41) is 86.1. The number of benzene rings is 2. The minimum absolute atomic E-state index is 0.0325. The molecule has 0 aliphatic rings. The Morgan fingerprint density at radius 3 is 2.24 bits per heavy atom. The van der Waals surface area contributed by atoms with Gasteiger partial charge in [-0.25, -0.2) is 5.43 Å². The number of amides is 1. The van der Waals surface area contributed by atoms with Gasteiger partial charge >= 0.3 is 0 Å². The predicted molar refractivity (Wildman–Crippen MR) is 167 cm³/mol. The van der Waals surface area contributed by atoms with E-state index in [1.807, 2.05) is 0 Å². The van der Waals surface area contributed by atoms with Crippen LogP contribution in [0.1, 0.15) is 24.4 Å². The Kier molecular flexibility index (Phi) is 13.0. The number of nitrogens with one attached hydrogen (secondary N) is 2. The van der Waals surface area contributed by atoms with Gasteiger partial charge in [0.2, 0.25) is 0 Å². The number of aliphatic hydroxyl groups is 6. The smallest absolute Gasteiger partial charge is 0.264 e. The van der Waals surface area contributed by atoms with Crippen LogP contribution in [0.2, 0.25) is 0 Å². The van der Waals surface area contributed by atoms with Crippen molar-refractivity contribution in [2.45, 2.75) is 50.5 Å². The number of fused-ring (bicyclic) bond motifs is 1. The number of ether oxygens (including phenoxy) is 1. The lowest BCUT2D eigenvalue weighted by Crippen LogP contribution is -2.49. The standard InChI is InChI=1S/C31H42N4O11/c1-17(13-36)24(30(44)34(2)33-20(14-37)15-38)9-18-4-6-22(40)10-25(18)32-12-21-8-19-5-7-23(41)11-26(19)35(21)31(45)29(43)28(42)27(16-39)46-3/h4-8,10-11,13,20,27-29,31-33,37-43,45H,9,12,14-16H2,1-3H3/b24-17-. The molecule has 0 saturated carbocycles. The largest absolute Gasteiger partial charge is 0.508 e. The van der Waals surface area contributed by atoms with Gasteiger partial charge in [-0.1, -0.05) is 6.07 Å². The van der Waals surface area contributed by atoms with Crippen LogP contribution in [0, 0.1) is 0 Å². The molecule has 15 heteroatoms. The van der Waals surface area contributed by atoms with E-state index in [0.717, 1.165) is 5.01 Å². The third-order valence-corrected chi connectivity index (χ3v) is 7.64. The molecule has 10 N–H and O–H groups in total. The van der Waals surface area contributed by atoms with Crippen LogP contribution in [-0.4, -0.2) is 121 Å². The fourth-order valence-electron chi connectivity index (χ4n) is 4.97. The van der Waals surface area contributed by atoms with E-state index in [0.29, 0.717) is 34.1 Å². The number of rotatable bonds is 17. The number of hydrazine groups is 1. The third-order valence-electron chi connectivity index (χ3n) is 7.64. The number of carbonyl (C=O) groups is 2. The Morgan fingerprint density at radius 1 is 0.978 bits per heavy atom. The highest BCUT2D eigenvalue weighted by Gasteiger charge is 2.34. The summed E-state index contributed by atoms with van der Waals surface area (Å²) in [5.74, 6) is -0.822. The van der Waals surface area contributed by atoms with E-state index in [9.17, 15) is 50.4 Å². The van der Waals surface area contributed by atoms with Gasteiger partial charge in [0, 0.05) is 55.1 Å². The number of allylic oxidation sites excluding steroid dienone is 1. The number of phenols is 2. The lowest BCUT2D eigenvalue weighted by atomic mass is 9.98. The average molecular weight is 647 g/mol. The van der Waals surface area contributed by atoms with Crippen molar-refractivity contribution in [3.63, 3.8) is 0 Å². The molecule has 1 amide bonds. The highest BCUT2D eigenvalue weighted by Crippen LogP contribution is 2.31. The Bertz CT molecular complexity index is 1520. The van der Waals surface area contributed by atoms with Crippen molar-refractivity contribution in [1.29, 1.82) is 0 Å². The van der Waals surface area contributed by atoms with E-state index in [1.165, 1.54) is 49.9 Å². The van der Waals surface area contributed by atoms with Crippen molar-refractivity contribution in [1.82, 2.24) is 15.0 Å². The number of nitrogens with zero attached hydrogens (tertiary/aromatic N) is 2. The fraction of sp³-hybridized carbons (Fsp3) is 0.419. The summed E-state index contributed by atoms with van der Waals surface area (Å²) in [5.41, 5.74) is 4.46. The minimum Gasteiger partial charge on any atom is -0.508 e. The Morgan fingerprint density at radius 2 is 1.63 bits per heavy atom. The number of aromatic hydroxyl groups is 2. The lowest BCUT2D eigenvalue weighted by Gasteiger charge is -2.29. The predicted octanol–water partition coefficient (Wildman–Crippen LogP) is -0.741. The molecule has 0 bridgehead atoms. The minimum atomic E-state index is -1.82. The van der Waals surface area contributed by atoms with Crippen LogP contribution in [0.4, 0.5) is 5.69 Å². The number of hydrogen-bond acceptors (Lipinski definition) is 13. The topological polar surface area (TPSA) is 237 Å². The number of hydrogen-bond donors (Lipinski definition) is 10. The molecule has 0 spiro atoms. The van der Waals surface area contributed by atoms with Crippen molar-refractivity contribution in [2.24, 2.45) is 0 Å². The van der Waals surface area contributed by atoms with Crippen LogP contribution >= 0.6 is 0 Å². The van der Waals surface area contributed by atoms with Crippen LogP contribution in [0.3, 0.4) is 0 Å². The molecular weight excluding hydrogens is 604 g/mol. The molecule has 0 radical (unpaired) electrons. The number of aliphatic hydroxyl groups excluding tert-OH is 6. The molecular formula is C31H42N4O11. The molecule has 3 rings (SSSR count). The summed E-state index contributed by atoms with van der Waals surface area (Å²) in [6.45, 7) is -0.0733. The summed E-state index contributed by atoms with van der Waals surface area (Å²) < 4.78 is 6.30. The first-order valence-corrected chi connectivity index (χ1v) is 14.4. The van der Waals surface area contributed by atoms with Crippen molar-refractivity contribution in [2.75, 3.05) is 39.3 Å². The second-order valence-corrected chi connectivity index (χ2v) is 10.8. The maximum absolute atomic E-state index is 13.3. The maximum Gasteiger partial charge on any atom is 0.264 e. The van der Waals surface area contributed by atoms with E-state index < -0.39 is 56.3 Å². The SMILES string of the molecule is COC(CO)C(O)C(O)C(O)n1c(CNc2cc(O)ccc2C/C(C(=O)N(C)NC(CO)CO)=C(\C)C=O)cc2ccc(O)cc21. The molecule has 15 nitrogen and oxygen atoms in total. The van der Waals surface area contributed by atoms with Gasteiger partial charge < -0.3 is 55.5 Å². The summed E-state index contributed by atoms with van der Waals surface area (Å²) >= 11 is 0. The average Bonchev–Trinajstić information content (AvgIpc) is 3.41. The highest BCUT2D eigenvalue weighted by atomic mass is 16.5. The van der Waals surface area contributed by atoms with Crippen LogP contribution in [0.5, 0.6) is 11.5 Å².